The zero-order valence-corrected chi connectivity index (χ0v) is 12.7. The van der Waals surface area contributed by atoms with Crippen molar-refractivity contribution in [2.45, 2.75) is 19.8 Å². The van der Waals surface area contributed by atoms with E-state index in [0.29, 0.717) is 0 Å². The van der Waals surface area contributed by atoms with E-state index in [1.807, 2.05) is 6.92 Å². The largest absolute Gasteiger partial charge is 0.299 e. The fourth-order valence-electron chi connectivity index (χ4n) is 2.00. The van der Waals surface area contributed by atoms with Crippen LogP contribution in [0, 0.1) is 18.6 Å². The molecule has 6 heteroatoms. The normalized spacial score (nSPS) is 10.8. The number of carbonyl (C=O) groups excluding carboxylic acids is 1. The molecular weight excluding hydrogens is 330 g/mol. The first kappa shape index (κ1) is 14.8. The number of hydrogen-bond acceptors (Lipinski definition) is 2. The average molecular weight is 343 g/mol. The van der Waals surface area contributed by atoms with E-state index in [0.717, 1.165) is 28.0 Å². The van der Waals surface area contributed by atoms with Crippen molar-refractivity contribution in [3.05, 3.63) is 51.3 Å². The van der Waals surface area contributed by atoms with Crippen LogP contribution in [0.1, 0.15) is 17.0 Å². The Kier molecular flexibility index (Phi) is 4.32. The molecule has 3 nitrogen and oxygen atoms in total. The smallest absolute Gasteiger partial charge is 0.143 e. The highest BCUT2D eigenvalue weighted by atomic mass is 79.9. The molecule has 2 aromatic rings. The molecule has 1 aromatic heterocycles. The van der Waals surface area contributed by atoms with Crippen LogP contribution < -0.4 is 0 Å². The molecule has 0 aliphatic carbocycles. The number of ketones is 1. The van der Waals surface area contributed by atoms with Crippen LogP contribution in [0.4, 0.5) is 8.78 Å². The van der Waals surface area contributed by atoms with Gasteiger partial charge in [0.1, 0.15) is 17.4 Å². The molecule has 1 heterocycles. The van der Waals surface area contributed by atoms with Crippen molar-refractivity contribution in [3.8, 4) is 0 Å². The molecule has 0 spiro atoms. The summed E-state index contributed by atoms with van der Waals surface area (Å²) in [5.41, 5.74) is 1.74. The van der Waals surface area contributed by atoms with Gasteiger partial charge in [0, 0.05) is 26.0 Å². The molecule has 0 aliphatic rings. The van der Waals surface area contributed by atoms with Gasteiger partial charge in [-0.15, -0.1) is 0 Å². The Bertz CT molecular complexity index is 667. The number of rotatable bonds is 4. The van der Waals surface area contributed by atoms with Crippen molar-refractivity contribution in [1.82, 2.24) is 9.78 Å². The molecule has 1 aromatic carbocycles. The first-order valence-corrected chi connectivity index (χ1v) is 6.81. The third-order valence-corrected chi connectivity index (χ3v) is 4.06. The summed E-state index contributed by atoms with van der Waals surface area (Å²) in [6.07, 6.45) is 0.0809. The van der Waals surface area contributed by atoms with Gasteiger partial charge >= 0.3 is 0 Å². The van der Waals surface area contributed by atoms with Gasteiger partial charge < -0.3 is 0 Å². The van der Waals surface area contributed by atoms with E-state index in [4.69, 9.17) is 0 Å². The van der Waals surface area contributed by atoms with E-state index in [9.17, 15) is 13.6 Å². The molecule has 0 radical (unpaired) electrons. The lowest BCUT2D eigenvalue weighted by Gasteiger charge is -2.04. The number of carbonyl (C=O) groups is 1. The van der Waals surface area contributed by atoms with Gasteiger partial charge in [-0.2, -0.15) is 5.10 Å². The van der Waals surface area contributed by atoms with E-state index in [1.54, 1.807) is 11.7 Å². The number of benzene rings is 1. The topological polar surface area (TPSA) is 34.9 Å². The Balaban J connectivity index is 2.13. The lowest BCUT2D eigenvalue weighted by Crippen LogP contribution is -2.11. The van der Waals surface area contributed by atoms with E-state index < -0.39 is 11.6 Å². The monoisotopic (exact) mass is 342 g/mol. The van der Waals surface area contributed by atoms with Gasteiger partial charge in [0.25, 0.3) is 0 Å². The maximum Gasteiger partial charge on any atom is 0.143 e. The third kappa shape index (κ3) is 3.12. The molecule has 0 saturated heterocycles. The van der Waals surface area contributed by atoms with Crippen LogP contribution in [0.15, 0.2) is 22.7 Å². The highest BCUT2D eigenvalue weighted by Crippen LogP contribution is 2.21. The zero-order chi connectivity index (χ0) is 14.9. The minimum Gasteiger partial charge on any atom is -0.299 e. The second-order valence-electron chi connectivity index (χ2n) is 4.60. The summed E-state index contributed by atoms with van der Waals surface area (Å²) in [6.45, 7) is 1.83. The van der Waals surface area contributed by atoms with Gasteiger partial charge in [0.2, 0.25) is 0 Å². The minimum absolute atomic E-state index is 0.0667. The molecule has 20 heavy (non-hydrogen) atoms. The molecular formula is C14H13BrF2N2O. The van der Waals surface area contributed by atoms with Gasteiger partial charge in [-0.25, -0.2) is 8.78 Å². The van der Waals surface area contributed by atoms with Crippen molar-refractivity contribution < 1.29 is 13.6 Å². The van der Waals surface area contributed by atoms with Crippen LogP contribution in [0.3, 0.4) is 0 Å². The molecule has 0 aliphatic heterocycles. The molecule has 0 N–H and O–H groups in total. The summed E-state index contributed by atoms with van der Waals surface area (Å²) in [4.78, 5) is 12.0. The van der Waals surface area contributed by atoms with Crippen LogP contribution in [0.5, 0.6) is 0 Å². The van der Waals surface area contributed by atoms with Crippen LogP contribution >= 0.6 is 15.9 Å². The number of aryl methyl sites for hydroxylation is 2. The molecule has 0 amide bonds. The highest BCUT2D eigenvalue weighted by Gasteiger charge is 2.16. The summed E-state index contributed by atoms with van der Waals surface area (Å²) in [7, 11) is 1.75. The van der Waals surface area contributed by atoms with Crippen LogP contribution in [-0.2, 0) is 24.7 Å². The predicted octanol–water partition coefficient (Wildman–Crippen LogP) is 3.12. The maximum absolute atomic E-state index is 13.5. The van der Waals surface area contributed by atoms with E-state index in [2.05, 4.69) is 21.0 Å². The number of halogens is 3. The Morgan fingerprint density at radius 3 is 2.60 bits per heavy atom. The summed E-state index contributed by atoms with van der Waals surface area (Å²) < 4.78 is 28.7. The lowest BCUT2D eigenvalue weighted by molar-refractivity contribution is -0.117. The van der Waals surface area contributed by atoms with E-state index >= 15 is 0 Å². The van der Waals surface area contributed by atoms with Crippen molar-refractivity contribution >= 4 is 21.7 Å². The second kappa shape index (κ2) is 5.83. The Morgan fingerprint density at radius 1 is 1.35 bits per heavy atom. The number of aromatic nitrogens is 2. The average Bonchev–Trinajstić information content (AvgIpc) is 2.60. The highest BCUT2D eigenvalue weighted by molar-refractivity contribution is 9.10. The van der Waals surface area contributed by atoms with E-state index in [1.165, 1.54) is 6.07 Å². The summed E-state index contributed by atoms with van der Waals surface area (Å²) in [6, 6.07) is 3.23. The molecule has 0 atom stereocenters. The first-order valence-electron chi connectivity index (χ1n) is 6.02. The molecule has 0 unspecified atom stereocenters. The Morgan fingerprint density at radius 2 is 2.05 bits per heavy atom. The fourth-order valence-corrected chi connectivity index (χ4v) is 2.47. The zero-order valence-electron chi connectivity index (χ0n) is 11.1. The molecule has 0 saturated carbocycles. The summed E-state index contributed by atoms with van der Waals surface area (Å²) >= 11 is 3.38. The Labute approximate surface area is 123 Å². The number of nitrogens with zero attached hydrogens (tertiary/aromatic N) is 2. The molecule has 2 rings (SSSR count). The van der Waals surface area contributed by atoms with Crippen molar-refractivity contribution in [2.75, 3.05) is 0 Å². The molecule has 0 fully saturated rings. The van der Waals surface area contributed by atoms with Gasteiger partial charge in [-0.3, -0.25) is 9.48 Å². The number of hydrogen-bond donors (Lipinski definition) is 0. The quantitative estimate of drug-likeness (QED) is 0.855. The number of Topliss-reactive ketones (excluding diaryl/α,β-unsaturated/α-hetero) is 1. The van der Waals surface area contributed by atoms with Crippen LogP contribution in [0.2, 0.25) is 0 Å². The van der Waals surface area contributed by atoms with Crippen molar-refractivity contribution in [2.24, 2.45) is 7.05 Å². The first-order chi connectivity index (χ1) is 9.38. The minimum atomic E-state index is -0.696. The summed E-state index contributed by atoms with van der Waals surface area (Å²) in [5.74, 6) is -1.50. The predicted molar refractivity (Wildman–Crippen MR) is 74.4 cm³/mol. The third-order valence-electron chi connectivity index (χ3n) is 3.03. The van der Waals surface area contributed by atoms with Gasteiger partial charge in [0.05, 0.1) is 15.9 Å². The van der Waals surface area contributed by atoms with E-state index in [-0.39, 0.29) is 24.2 Å². The van der Waals surface area contributed by atoms with Gasteiger partial charge in [0.15, 0.2) is 0 Å². The Hall–Kier alpha value is -1.56. The molecule has 106 valence electrons. The van der Waals surface area contributed by atoms with Crippen molar-refractivity contribution in [1.29, 1.82) is 0 Å². The second-order valence-corrected chi connectivity index (χ2v) is 5.39. The standard InChI is InChI=1S/C14H13BrF2N2O/c1-8-14(15)13(19(2)18-8)7-11(20)5-9-3-4-10(16)6-12(9)17/h3-4,6H,5,7H2,1-2H3. The van der Waals surface area contributed by atoms with Crippen molar-refractivity contribution in [3.63, 3.8) is 0 Å². The van der Waals surface area contributed by atoms with Crippen LogP contribution in [-0.4, -0.2) is 15.6 Å². The SMILES string of the molecule is Cc1nn(C)c(CC(=O)Cc2ccc(F)cc2F)c1Br. The van der Waals surface area contributed by atoms with Gasteiger partial charge in [-0.05, 0) is 34.5 Å². The molecule has 0 bridgehead atoms. The summed E-state index contributed by atoms with van der Waals surface area (Å²) in [5, 5.41) is 4.19. The maximum atomic E-state index is 13.5. The van der Waals surface area contributed by atoms with Crippen LogP contribution in [0.25, 0.3) is 0 Å². The fraction of sp³-hybridized carbons (Fsp3) is 0.286. The lowest BCUT2D eigenvalue weighted by atomic mass is 10.0. The van der Waals surface area contributed by atoms with Gasteiger partial charge in [-0.1, -0.05) is 6.07 Å².